The molecule has 3 rings (SSSR count). The Morgan fingerprint density at radius 2 is 1.56 bits per heavy atom. The number of para-hydroxylation sites is 1. The molecule has 1 heteroatoms. The molecule has 3 aromatic rings. The summed E-state index contributed by atoms with van der Waals surface area (Å²) >= 11 is 0. The van der Waals surface area contributed by atoms with Crippen LogP contribution in [0, 0.1) is 13.8 Å². The van der Waals surface area contributed by atoms with E-state index >= 15 is 0 Å². The van der Waals surface area contributed by atoms with Gasteiger partial charge in [0.05, 0.1) is 5.52 Å². The van der Waals surface area contributed by atoms with Crippen LogP contribution in [0.25, 0.3) is 22.0 Å². The number of pyridine rings is 1. The molecule has 1 aromatic heterocycles. The highest BCUT2D eigenvalue weighted by atomic mass is 14.6. The van der Waals surface area contributed by atoms with Gasteiger partial charge < -0.3 is 0 Å². The van der Waals surface area contributed by atoms with Gasteiger partial charge in [-0.05, 0) is 37.1 Å². The second kappa shape index (κ2) is 4.26. The highest BCUT2D eigenvalue weighted by Gasteiger charge is 2.04. The fourth-order valence-corrected chi connectivity index (χ4v) is 2.48. The van der Waals surface area contributed by atoms with E-state index < -0.39 is 0 Å². The van der Waals surface area contributed by atoms with Crippen molar-refractivity contribution in [2.24, 2.45) is 0 Å². The molecule has 0 N–H and O–H groups in total. The van der Waals surface area contributed by atoms with Gasteiger partial charge in [-0.25, -0.2) is 0 Å². The third-order valence-electron chi connectivity index (χ3n) is 3.18. The molecule has 0 bridgehead atoms. The van der Waals surface area contributed by atoms with Crippen molar-refractivity contribution in [3.05, 3.63) is 65.9 Å². The van der Waals surface area contributed by atoms with Gasteiger partial charge in [-0.15, -0.1) is 0 Å². The molecule has 1 heterocycles. The SMILES string of the molecule is Cc1cc(C)cc(-c2ccnc3ccccc23)c1. The Balaban J connectivity index is 2.31. The molecule has 18 heavy (non-hydrogen) atoms. The molecule has 0 unspecified atom stereocenters. The number of rotatable bonds is 1. The fourth-order valence-electron chi connectivity index (χ4n) is 2.48. The van der Waals surface area contributed by atoms with Gasteiger partial charge in [0.1, 0.15) is 0 Å². The zero-order valence-corrected chi connectivity index (χ0v) is 10.6. The summed E-state index contributed by atoms with van der Waals surface area (Å²) in [5, 5.41) is 1.21. The molecular formula is C17H15N. The number of nitrogens with zero attached hydrogens (tertiary/aromatic N) is 1. The van der Waals surface area contributed by atoms with E-state index in [0.717, 1.165) is 5.52 Å². The summed E-state index contributed by atoms with van der Waals surface area (Å²) in [6, 6.07) is 17.0. The number of fused-ring (bicyclic) bond motifs is 1. The van der Waals surface area contributed by atoms with E-state index in [0.29, 0.717) is 0 Å². The quantitative estimate of drug-likeness (QED) is 0.602. The average Bonchev–Trinajstić information content (AvgIpc) is 2.37. The third kappa shape index (κ3) is 1.88. The molecule has 0 atom stereocenters. The van der Waals surface area contributed by atoms with E-state index in [1.54, 1.807) is 0 Å². The van der Waals surface area contributed by atoms with Crippen molar-refractivity contribution in [2.75, 3.05) is 0 Å². The summed E-state index contributed by atoms with van der Waals surface area (Å²) in [7, 11) is 0. The first kappa shape index (κ1) is 11.0. The Hall–Kier alpha value is -2.15. The van der Waals surface area contributed by atoms with Gasteiger partial charge in [-0.2, -0.15) is 0 Å². The second-order valence-electron chi connectivity index (χ2n) is 4.75. The van der Waals surface area contributed by atoms with E-state index in [1.165, 1.54) is 27.6 Å². The van der Waals surface area contributed by atoms with Crippen molar-refractivity contribution in [1.82, 2.24) is 4.98 Å². The van der Waals surface area contributed by atoms with E-state index in [1.807, 2.05) is 12.3 Å². The summed E-state index contributed by atoms with van der Waals surface area (Å²) in [5.74, 6) is 0. The maximum atomic E-state index is 4.41. The Bertz CT molecular complexity index is 688. The number of hydrogen-bond donors (Lipinski definition) is 0. The number of benzene rings is 2. The average molecular weight is 233 g/mol. The van der Waals surface area contributed by atoms with Crippen molar-refractivity contribution >= 4 is 10.9 Å². The lowest BCUT2D eigenvalue weighted by atomic mass is 9.98. The van der Waals surface area contributed by atoms with E-state index in [2.05, 4.69) is 61.3 Å². The maximum absolute atomic E-state index is 4.41. The normalized spacial score (nSPS) is 10.8. The fraction of sp³-hybridized carbons (Fsp3) is 0.118. The summed E-state index contributed by atoms with van der Waals surface area (Å²) in [4.78, 5) is 4.41. The topological polar surface area (TPSA) is 12.9 Å². The molecule has 0 amide bonds. The van der Waals surface area contributed by atoms with Crippen LogP contribution in [0.1, 0.15) is 11.1 Å². The van der Waals surface area contributed by atoms with Crippen molar-refractivity contribution in [1.29, 1.82) is 0 Å². The summed E-state index contributed by atoms with van der Waals surface area (Å²) in [6.45, 7) is 4.28. The lowest BCUT2D eigenvalue weighted by molar-refractivity contribution is 1.37. The minimum atomic E-state index is 1.05. The van der Waals surface area contributed by atoms with Gasteiger partial charge in [-0.3, -0.25) is 4.98 Å². The smallest absolute Gasteiger partial charge is 0.0708 e. The molecule has 0 fully saturated rings. The van der Waals surface area contributed by atoms with Crippen molar-refractivity contribution in [3.63, 3.8) is 0 Å². The molecule has 0 aliphatic carbocycles. The van der Waals surface area contributed by atoms with Crippen molar-refractivity contribution < 1.29 is 0 Å². The minimum Gasteiger partial charge on any atom is -0.256 e. The molecule has 0 saturated heterocycles. The van der Waals surface area contributed by atoms with Crippen LogP contribution in [0.4, 0.5) is 0 Å². The first-order chi connectivity index (χ1) is 8.74. The van der Waals surface area contributed by atoms with Gasteiger partial charge in [0.25, 0.3) is 0 Å². The van der Waals surface area contributed by atoms with Crippen LogP contribution in [-0.2, 0) is 0 Å². The van der Waals surface area contributed by atoms with Gasteiger partial charge in [-0.1, -0.05) is 47.5 Å². The first-order valence-electron chi connectivity index (χ1n) is 6.16. The number of aryl methyl sites for hydroxylation is 2. The van der Waals surface area contributed by atoms with Crippen LogP contribution in [-0.4, -0.2) is 4.98 Å². The van der Waals surface area contributed by atoms with Crippen LogP contribution < -0.4 is 0 Å². The molecule has 0 spiro atoms. The zero-order valence-electron chi connectivity index (χ0n) is 10.6. The zero-order chi connectivity index (χ0) is 12.5. The number of aromatic nitrogens is 1. The Morgan fingerprint density at radius 3 is 2.33 bits per heavy atom. The van der Waals surface area contributed by atoms with Crippen molar-refractivity contribution in [2.45, 2.75) is 13.8 Å². The summed E-state index contributed by atoms with van der Waals surface area (Å²) in [6.07, 6.45) is 1.88. The highest BCUT2D eigenvalue weighted by molar-refractivity contribution is 5.94. The number of hydrogen-bond acceptors (Lipinski definition) is 1. The molecule has 0 aliphatic heterocycles. The summed E-state index contributed by atoms with van der Waals surface area (Å²) in [5.41, 5.74) is 6.17. The highest BCUT2D eigenvalue weighted by Crippen LogP contribution is 2.28. The van der Waals surface area contributed by atoms with Gasteiger partial charge >= 0.3 is 0 Å². The third-order valence-corrected chi connectivity index (χ3v) is 3.18. The minimum absolute atomic E-state index is 1.05. The van der Waals surface area contributed by atoms with Crippen LogP contribution in [0.3, 0.4) is 0 Å². The van der Waals surface area contributed by atoms with E-state index in [4.69, 9.17) is 0 Å². The first-order valence-corrected chi connectivity index (χ1v) is 6.16. The molecule has 0 radical (unpaired) electrons. The van der Waals surface area contributed by atoms with Gasteiger partial charge in [0, 0.05) is 11.6 Å². The van der Waals surface area contributed by atoms with Crippen molar-refractivity contribution in [3.8, 4) is 11.1 Å². The molecule has 1 nitrogen and oxygen atoms in total. The Labute approximate surface area is 107 Å². The molecule has 0 saturated carbocycles. The van der Waals surface area contributed by atoms with Gasteiger partial charge in [0.2, 0.25) is 0 Å². The lowest BCUT2D eigenvalue weighted by Crippen LogP contribution is -1.86. The Kier molecular flexibility index (Phi) is 2.60. The Morgan fingerprint density at radius 1 is 0.833 bits per heavy atom. The molecule has 0 aliphatic rings. The van der Waals surface area contributed by atoms with Crippen LogP contribution in [0.5, 0.6) is 0 Å². The largest absolute Gasteiger partial charge is 0.256 e. The monoisotopic (exact) mass is 233 g/mol. The second-order valence-corrected chi connectivity index (χ2v) is 4.75. The maximum Gasteiger partial charge on any atom is 0.0708 e. The van der Waals surface area contributed by atoms with Crippen LogP contribution in [0.2, 0.25) is 0 Å². The van der Waals surface area contributed by atoms with Gasteiger partial charge in [0.15, 0.2) is 0 Å². The van der Waals surface area contributed by atoms with Crippen LogP contribution >= 0.6 is 0 Å². The molecule has 2 aromatic carbocycles. The standard InChI is InChI=1S/C17H15N/c1-12-9-13(2)11-14(10-12)15-7-8-18-17-6-4-3-5-16(15)17/h3-11H,1-2H3. The lowest BCUT2D eigenvalue weighted by Gasteiger charge is -2.08. The van der Waals surface area contributed by atoms with E-state index in [-0.39, 0.29) is 0 Å². The van der Waals surface area contributed by atoms with Crippen LogP contribution in [0.15, 0.2) is 54.7 Å². The predicted molar refractivity (Wildman–Crippen MR) is 76.7 cm³/mol. The predicted octanol–water partition coefficient (Wildman–Crippen LogP) is 4.52. The molecule has 88 valence electrons. The molecular weight excluding hydrogens is 218 g/mol. The van der Waals surface area contributed by atoms with E-state index in [9.17, 15) is 0 Å². The summed E-state index contributed by atoms with van der Waals surface area (Å²) < 4.78 is 0.